The maximum absolute atomic E-state index is 12.3. The Morgan fingerprint density at radius 3 is 2.55 bits per heavy atom. The molecule has 0 atom stereocenters. The lowest BCUT2D eigenvalue weighted by molar-refractivity contribution is 0.102. The summed E-state index contributed by atoms with van der Waals surface area (Å²) in [6.07, 6.45) is 0.989. The Kier molecular flexibility index (Phi) is 4.29. The van der Waals surface area contributed by atoms with E-state index < -0.39 is 0 Å². The van der Waals surface area contributed by atoms with Crippen molar-refractivity contribution in [3.63, 3.8) is 0 Å². The van der Waals surface area contributed by atoms with Crippen molar-refractivity contribution in [3.8, 4) is 0 Å². The summed E-state index contributed by atoms with van der Waals surface area (Å²) >= 11 is 1.49. The normalized spacial score (nSPS) is 11.0. The van der Waals surface area contributed by atoms with Crippen LogP contribution in [-0.4, -0.2) is 21.1 Å². The first-order valence-electron chi connectivity index (χ1n) is 7.35. The third kappa shape index (κ3) is 2.92. The summed E-state index contributed by atoms with van der Waals surface area (Å²) in [7, 11) is 1.98. The molecule has 0 fully saturated rings. The van der Waals surface area contributed by atoms with Crippen molar-refractivity contribution in [2.24, 2.45) is 7.05 Å². The molecule has 22 heavy (non-hydrogen) atoms. The van der Waals surface area contributed by atoms with Crippen molar-refractivity contribution in [1.29, 1.82) is 0 Å². The van der Waals surface area contributed by atoms with Crippen LogP contribution in [0.25, 0.3) is 11.0 Å². The molecule has 0 saturated heterocycles. The van der Waals surface area contributed by atoms with Gasteiger partial charge in [-0.25, -0.2) is 4.98 Å². The summed E-state index contributed by atoms with van der Waals surface area (Å²) in [5.74, 6) is 0.544. The first kappa shape index (κ1) is 14.9. The van der Waals surface area contributed by atoms with Crippen LogP contribution in [0, 0.1) is 0 Å². The number of rotatable bonds is 5. The van der Waals surface area contributed by atoms with Crippen LogP contribution in [0.2, 0.25) is 0 Å². The number of hydrogen-bond donors (Lipinski definition) is 0. The molecule has 0 radical (unpaired) electrons. The highest BCUT2D eigenvalue weighted by Gasteiger charge is 2.11. The highest BCUT2D eigenvalue weighted by Crippen LogP contribution is 2.23. The lowest BCUT2D eigenvalue weighted by Gasteiger charge is -2.03. The van der Waals surface area contributed by atoms with Gasteiger partial charge in [0.1, 0.15) is 0 Å². The van der Waals surface area contributed by atoms with Gasteiger partial charge in [-0.2, -0.15) is 0 Å². The van der Waals surface area contributed by atoms with E-state index in [0.29, 0.717) is 5.75 Å². The highest BCUT2D eigenvalue weighted by molar-refractivity contribution is 7.99. The van der Waals surface area contributed by atoms with Gasteiger partial charge in [0.15, 0.2) is 10.9 Å². The van der Waals surface area contributed by atoms with E-state index in [1.807, 2.05) is 60.1 Å². The molecule has 0 bridgehead atoms. The zero-order valence-electron chi connectivity index (χ0n) is 12.7. The fourth-order valence-electron chi connectivity index (χ4n) is 2.39. The van der Waals surface area contributed by atoms with E-state index in [2.05, 4.69) is 11.9 Å². The van der Waals surface area contributed by atoms with Gasteiger partial charge in [0.05, 0.1) is 16.8 Å². The fourth-order valence-corrected chi connectivity index (χ4v) is 3.27. The topological polar surface area (TPSA) is 34.9 Å². The van der Waals surface area contributed by atoms with E-state index in [0.717, 1.165) is 28.2 Å². The number of carbonyl (C=O) groups excluding carboxylic acids is 1. The standard InChI is InChI=1S/C18H18N2OS/c1-3-13-8-10-14(11-9-13)17(21)12-22-18-19-15-6-4-5-7-16(15)20(18)2/h4-11H,3,12H2,1-2H3. The molecular weight excluding hydrogens is 292 g/mol. The number of nitrogens with zero attached hydrogens (tertiary/aromatic N) is 2. The molecule has 3 nitrogen and oxygen atoms in total. The molecule has 0 saturated carbocycles. The van der Waals surface area contributed by atoms with Crippen molar-refractivity contribution >= 4 is 28.6 Å². The van der Waals surface area contributed by atoms with Crippen molar-refractivity contribution < 1.29 is 4.79 Å². The number of ketones is 1. The molecule has 0 aliphatic carbocycles. The summed E-state index contributed by atoms with van der Waals surface area (Å²) in [4.78, 5) is 16.9. The molecule has 3 aromatic rings. The molecule has 1 heterocycles. The van der Waals surface area contributed by atoms with Crippen molar-refractivity contribution in [2.75, 3.05) is 5.75 Å². The second-order valence-corrected chi connectivity index (χ2v) is 6.15. The zero-order valence-corrected chi connectivity index (χ0v) is 13.6. The van der Waals surface area contributed by atoms with Crippen LogP contribution < -0.4 is 0 Å². The van der Waals surface area contributed by atoms with E-state index in [-0.39, 0.29) is 5.78 Å². The van der Waals surface area contributed by atoms with Gasteiger partial charge in [0.2, 0.25) is 0 Å². The number of aromatic nitrogens is 2. The van der Waals surface area contributed by atoms with E-state index in [9.17, 15) is 4.79 Å². The number of benzene rings is 2. The van der Waals surface area contributed by atoms with Gasteiger partial charge in [-0.3, -0.25) is 4.79 Å². The number of hydrogen-bond acceptors (Lipinski definition) is 3. The number of fused-ring (bicyclic) bond motifs is 1. The van der Waals surface area contributed by atoms with Gasteiger partial charge in [0, 0.05) is 12.6 Å². The molecule has 0 amide bonds. The predicted octanol–water partition coefficient (Wildman–Crippen LogP) is 4.11. The van der Waals surface area contributed by atoms with E-state index in [1.54, 1.807) is 0 Å². The van der Waals surface area contributed by atoms with Gasteiger partial charge in [-0.15, -0.1) is 0 Å². The summed E-state index contributed by atoms with van der Waals surface area (Å²) in [6.45, 7) is 2.11. The Morgan fingerprint density at radius 2 is 1.86 bits per heavy atom. The van der Waals surface area contributed by atoms with Crippen LogP contribution in [0.1, 0.15) is 22.8 Å². The van der Waals surface area contributed by atoms with Gasteiger partial charge in [-0.05, 0) is 24.1 Å². The Morgan fingerprint density at radius 1 is 1.14 bits per heavy atom. The molecule has 0 unspecified atom stereocenters. The van der Waals surface area contributed by atoms with Gasteiger partial charge < -0.3 is 4.57 Å². The summed E-state index contributed by atoms with van der Waals surface area (Å²) in [5, 5.41) is 0.875. The molecule has 3 rings (SSSR count). The molecule has 2 aromatic carbocycles. The van der Waals surface area contributed by atoms with Crippen LogP contribution in [0.15, 0.2) is 53.7 Å². The molecule has 0 N–H and O–H groups in total. The minimum atomic E-state index is 0.139. The molecule has 112 valence electrons. The first-order valence-corrected chi connectivity index (χ1v) is 8.34. The van der Waals surface area contributed by atoms with Crippen LogP contribution >= 0.6 is 11.8 Å². The second-order valence-electron chi connectivity index (χ2n) is 5.20. The van der Waals surface area contributed by atoms with E-state index in [4.69, 9.17) is 0 Å². The third-order valence-corrected chi connectivity index (χ3v) is 4.79. The Labute approximate surface area is 134 Å². The van der Waals surface area contributed by atoms with Crippen LogP contribution in [-0.2, 0) is 13.5 Å². The Bertz CT molecular complexity index is 806. The third-order valence-electron chi connectivity index (χ3n) is 3.76. The summed E-state index contributed by atoms with van der Waals surface area (Å²) in [5.41, 5.74) is 4.07. The Balaban J connectivity index is 1.72. The van der Waals surface area contributed by atoms with Crippen molar-refractivity contribution in [2.45, 2.75) is 18.5 Å². The average Bonchev–Trinajstić information content (AvgIpc) is 2.89. The molecule has 4 heteroatoms. The van der Waals surface area contributed by atoms with E-state index >= 15 is 0 Å². The van der Waals surface area contributed by atoms with Crippen molar-refractivity contribution in [3.05, 3.63) is 59.7 Å². The second kappa shape index (κ2) is 6.36. The molecular formula is C18H18N2OS. The number of imidazole rings is 1. The largest absolute Gasteiger partial charge is 0.322 e. The lowest BCUT2D eigenvalue weighted by atomic mass is 10.1. The molecule has 1 aromatic heterocycles. The van der Waals surface area contributed by atoms with Crippen LogP contribution in [0.5, 0.6) is 0 Å². The number of aryl methyl sites for hydroxylation is 2. The maximum atomic E-state index is 12.3. The fraction of sp³-hybridized carbons (Fsp3) is 0.222. The summed E-state index contributed by atoms with van der Waals surface area (Å²) in [6, 6.07) is 15.9. The highest BCUT2D eigenvalue weighted by atomic mass is 32.2. The number of para-hydroxylation sites is 2. The van der Waals surface area contributed by atoms with Gasteiger partial charge in [-0.1, -0.05) is 55.1 Å². The predicted molar refractivity (Wildman–Crippen MR) is 91.6 cm³/mol. The lowest BCUT2D eigenvalue weighted by Crippen LogP contribution is -2.03. The van der Waals surface area contributed by atoms with E-state index in [1.165, 1.54) is 17.3 Å². The monoisotopic (exact) mass is 310 g/mol. The zero-order chi connectivity index (χ0) is 15.5. The number of thioether (sulfide) groups is 1. The number of carbonyl (C=O) groups is 1. The quantitative estimate of drug-likeness (QED) is 0.525. The minimum absolute atomic E-state index is 0.139. The summed E-state index contributed by atoms with van der Waals surface area (Å²) < 4.78 is 2.04. The minimum Gasteiger partial charge on any atom is -0.322 e. The SMILES string of the molecule is CCc1ccc(C(=O)CSc2nc3ccccc3n2C)cc1. The maximum Gasteiger partial charge on any atom is 0.173 e. The Hall–Kier alpha value is -2.07. The molecule has 0 aliphatic heterocycles. The molecule has 0 spiro atoms. The first-order chi connectivity index (χ1) is 10.7. The number of Topliss-reactive ketones (excluding diaryl/α,β-unsaturated/α-hetero) is 1. The van der Waals surface area contributed by atoms with Gasteiger partial charge in [0.25, 0.3) is 0 Å². The molecule has 0 aliphatic rings. The van der Waals surface area contributed by atoms with Gasteiger partial charge >= 0.3 is 0 Å². The van der Waals surface area contributed by atoms with Crippen LogP contribution in [0.3, 0.4) is 0 Å². The van der Waals surface area contributed by atoms with Crippen LogP contribution in [0.4, 0.5) is 0 Å². The van der Waals surface area contributed by atoms with Crippen molar-refractivity contribution in [1.82, 2.24) is 9.55 Å². The smallest absolute Gasteiger partial charge is 0.173 e. The average molecular weight is 310 g/mol.